The van der Waals surface area contributed by atoms with Crippen LogP contribution >= 0.6 is 0 Å². The SMILES string of the molecule is CCCCCCN.Cc1ccccc1.[HH]. The lowest BCUT2D eigenvalue weighted by molar-refractivity contribution is 0.674. The van der Waals surface area contributed by atoms with Gasteiger partial charge in [-0.15, -0.1) is 0 Å². The quantitative estimate of drug-likeness (QED) is 0.727. The van der Waals surface area contributed by atoms with E-state index < -0.39 is 0 Å². The second-order valence-electron chi connectivity index (χ2n) is 3.50. The number of aryl methyl sites for hydroxylation is 1. The summed E-state index contributed by atoms with van der Waals surface area (Å²) in [6, 6.07) is 10.3. The van der Waals surface area contributed by atoms with Crippen molar-refractivity contribution in [1.82, 2.24) is 0 Å². The van der Waals surface area contributed by atoms with Gasteiger partial charge >= 0.3 is 0 Å². The summed E-state index contributed by atoms with van der Waals surface area (Å²) < 4.78 is 0. The molecular weight excluding hydrogens is 170 g/mol. The van der Waals surface area contributed by atoms with Crippen LogP contribution in [0, 0.1) is 6.92 Å². The predicted molar refractivity (Wildman–Crippen MR) is 66.5 cm³/mol. The molecule has 0 fully saturated rings. The Labute approximate surface area is 89.8 Å². The van der Waals surface area contributed by atoms with Crippen LogP contribution in [-0.4, -0.2) is 6.54 Å². The second-order valence-corrected chi connectivity index (χ2v) is 3.50. The molecule has 0 amide bonds. The molecular formula is C13H25N. The molecule has 82 valence electrons. The van der Waals surface area contributed by atoms with Crippen LogP contribution in [-0.2, 0) is 0 Å². The van der Waals surface area contributed by atoms with Gasteiger partial charge in [0.2, 0.25) is 0 Å². The van der Waals surface area contributed by atoms with E-state index in [1.165, 1.54) is 31.2 Å². The first-order valence-electron chi connectivity index (χ1n) is 5.53. The van der Waals surface area contributed by atoms with Crippen LogP contribution in [0.1, 0.15) is 39.6 Å². The summed E-state index contributed by atoms with van der Waals surface area (Å²) in [5.74, 6) is 0. The maximum atomic E-state index is 5.27. The molecule has 0 aliphatic carbocycles. The smallest absolute Gasteiger partial charge is 0 e. The van der Waals surface area contributed by atoms with Crippen LogP contribution in [0.15, 0.2) is 30.3 Å². The number of hydrogen-bond acceptors (Lipinski definition) is 1. The molecule has 0 spiro atoms. The lowest BCUT2D eigenvalue weighted by Crippen LogP contribution is -1.97. The van der Waals surface area contributed by atoms with Gasteiger partial charge in [0, 0.05) is 1.43 Å². The van der Waals surface area contributed by atoms with Crippen LogP contribution in [0.4, 0.5) is 0 Å². The molecule has 1 aromatic rings. The Balaban J connectivity index is 0. The molecule has 0 unspecified atom stereocenters. The summed E-state index contributed by atoms with van der Waals surface area (Å²) in [6.07, 6.45) is 5.16. The van der Waals surface area contributed by atoms with Crippen molar-refractivity contribution in [3.05, 3.63) is 35.9 Å². The number of unbranched alkanes of at least 4 members (excludes halogenated alkanes) is 3. The first kappa shape index (κ1) is 13.2. The highest BCUT2D eigenvalue weighted by Crippen LogP contribution is 1.95. The van der Waals surface area contributed by atoms with Crippen LogP contribution in [0.25, 0.3) is 0 Å². The van der Waals surface area contributed by atoms with Gasteiger partial charge in [0.1, 0.15) is 0 Å². The zero-order valence-corrected chi connectivity index (χ0v) is 9.50. The molecule has 0 heterocycles. The predicted octanol–water partition coefficient (Wildman–Crippen LogP) is 3.77. The average Bonchev–Trinajstić information content (AvgIpc) is 2.21. The van der Waals surface area contributed by atoms with Gasteiger partial charge in [0.25, 0.3) is 0 Å². The molecule has 0 saturated carbocycles. The Kier molecular flexibility index (Phi) is 9.66. The Bertz CT molecular complexity index is 195. The lowest BCUT2D eigenvalue weighted by atomic mass is 10.2. The molecule has 0 aliphatic heterocycles. The monoisotopic (exact) mass is 195 g/mol. The van der Waals surface area contributed by atoms with Crippen molar-refractivity contribution in [2.24, 2.45) is 5.73 Å². The van der Waals surface area contributed by atoms with Gasteiger partial charge in [0.05, 0.1) is 0 Å². The van der Waals surface area contributed by atoms with E-state index in [9.17, 15) is 0 Å². The van der Waals surface area contributed by atoms with Gasteiger partial charge in [-0.25, -0.2) is 0 Å². The van der Waals surface area contributed by atoms with Gasteiger partial charge in [-0.2, -0.15) is 0 Å². The van der Waals surface area contributed by atoms with Crippen molar-refractivity contribution < 1.29 is 1.43 Å². The van der Waals surface area contributed by atoms with Crippen LogP contribution in [0.5, 0.6) is 0 Å². The maximum absolute atomic E-state index is 5.27. The summed E-state index contributed by atoms with van der Waals surface area (Å²) in [7, 11) is 0. The zero-order chi connectivity index (χ0) is 10.6. The van der Waals surface area contributed by atoms with E-state index >= 15 is 0 Å². The fourth-order valence-electron chi connectivity index (χ4n) is 1.11. The summed E-state index contributed by atoms with van der Waals surface area (Å²) in [5, 5.41) is 0. The fraction of sp³-hybridized carbons (Fsp3) is 0.538. The molecule has 0 saturated heterocycles. The maximum Gasteiger partial charge on any atom is 0 e. The van der Waals surface area contributed by atoms with Gasteiger partial charge < -0.3 is 5.73 Å². The molecule has 1 rings (SSSR count). The summed E-state index contributed by atoms with van der Waals surface area (Å²) in [4.78, 5) is 0. The molecule has 0 atom stereocenters. The molecule has 0 aromatic heterocycles. The third-order valence-corrected chi connectivity index (χ3v) is 2.00. The number of hydrogen-bond donors (Lipinski definition) is 1. The van der Waals surface area contributed by atoms with E-state index in [2.05, 4.69) is 26.0 Å². The Morgan fingerprint density at radius 3 is 2.07 bits per heavy atom. The Morgan fingerprint density at radius 2 is 1.71 bits per heavy atom. The van der Waals surface area contributed by atoms with Crippen molar-refractivity contribution in [2.75, 3.05) is 6.54 Å². The second kappa shape index (κ2) is 10.3. The summed E-state index contributed by atoms with van der Waals surface area (Å²) in [5.41, 5.74) is 6.59. The number of nitrogens with two attached hydrogens (primary N) is 1. The first-order chi connectivity index (χ1) is 6.81. The normalized spacial score (nSPS) is 9.07. The highest BCUT2D eigenvalue weighted by molar-refractivity contribution is 5.11. The molecule has 1 nitrogen and oxygen atoms in total. The van der Waals surface area contributed by atoms with Crippen LogP contribution < -0.4 is 5.73 Å². The number of rotatable bonds is 4. The van der Waals surface area contributed by atoms with Gasteiger partial charge in [0.15, 0.2) is 0 Å². The van der Waals surface area contributed by atoms with Crippen molar-refractivity contribution in [2.45, 2.75) is 39.5 Å². The zero-order valence-electron chi connectivity index (χ0n) is 9.50. The lowest BCUT2D eigenvalue weighted by Gasteiger charge is -1.90. The van der Waals surface area contributed by atoms with Gasteiger partial charge in [-0.05, 0) is 19.9 Å². The minimum Gasteiger partial charge on any atom is -0.330 e. The molecule has 0 aliphatic rings. The first-order valence-corrected chi connectivity index (χ1v) is 5.53. The Hall–Kier alpha value is -0.820. The molecule has 1 aromatic carbocycles. The topological polar surface area (TPSA) is 26.0 Å². The van der Waals surface area contributed by atoms with Crippen molar-refractivity contribution in [1.29, 1.82) is 0 Å². The molecule has 0 radical (unpaired) electrons. The van der Waals surface area contributed by atoms with E-state index in [1.807, 2.05) is 18.2 Å². The minimum absolute atomic E-state index is 0. The van der Waals surface area contributed by atoms with Crippen molar-refractivity contribution >= 4 is 0 Å². The van der Waals surface area contributed by atoms with E-state index in [0.717, 1.165) is 6.54 Å². The standard InChI is InChI=1S/C7H8.C6H15N.H2/c1-7-5-3-2-4-6-7;1-2-3-4-5-6-7;/h2-6H,1H3;2-7H2,1H3;1H. The van der Waals surface area contributed by atoms with Crippen LogP contribution in [0.2, 0.25) is 0 Å². The van der Waals surface area contributed by atoms with Crippen molar-refractivity contribution in [3.63, 3.8) is 0 Å². The highest BCUT2D eigenvalue weighted by Gasteiger charge is 1.80. The summed E-state index contributed by atoms with van der Waals surface area (Å²) in [6.45, 7) is 5.15. The van der Waals surface area contributed by atoms with Crippen LogP contribution in [0.3, 0.4) is 0 Å². The van der Waals surface area contributed by atoms with E-state index in [-0.39, 0.29) is 1.43 Å². The minimum atomic E-state index is 0. The Morgan fingerprint density at radius 1 is 1.07 bits per heavy atom. The average molecular weight is 195 g/mol. The van der Waals surface area contributed by atoms with E-state index in [0.29, 0.717) is 0 Å². The largest absolute Gasteiger partial charge is 0.330 e. The van der Waals surface area contributed by atoms with Gasteiger partial charge in [-0.1, -0.05) is 62.1 Å². The third kappa shape index (κ3) is 9.27. The fourth-order valence-corrected chi connectivity index (χ4v) is 1.11. The third-order valence-electron chi connectivity index (χ3n) is 2.00. The van der Waals surface area contributed by atoms with E-state index in [4.69, 9.17) is 5.73 Å². The van der Waals surface area contributed by atoms with Crippen molar-refractivity contribution in [3.8, 4) is 0 Å². The summed E-state index contributed by atoms with van der Waals surface area (Å²) >= 11 is 0. The molecule has 0 bridgehead atoms. The highest BCUT2D eigenvalue weighted by atomic mass is 14.5. The van der Waals surface area contributed by atoms with E-state index in [1.54, 1.807) is 0 Å². The number of benzene rings is 1. The molecule has 14 heavy (non-hydrogen) atoms. The van der Waals surface area contributed by atoms with Gasteiger partial charge in [-0.3, -0.25) is 0 Å². The molecule has 1 heteroatoms. The molecule has 2 N–H and O–H groups in total.